The second-order valence-corrected chi connectivity index (χ2v) is 5.58. The molecule has 0 aromatic carbocycles. The number of amides is 1. The lowest BCUT2D eigenvalue weighted by Gasteiger charge is -2.16. The van der Waals surface area contributed by atoms with E-state index in [4.69, 9.17) is 0 Å². The van der Waals surface area contributed by atoms with Gasteiger partial charge in [0, 0.05) is 12.5 Å². The van der Waals surface area contributed by atoms with Crippen molar-refractivity contribution in [2.24, 2.45) is 11.8 Å². The van der Waals surface area contributed by atoms with E-state index in [0.717, 1.165) is 25.3 Å². The Morgan fingerprint density at radius 3 is 2.06 bits per heavy atom. The lowest BCUT2D eigenvalue weighted by molar-refractivity contribution is -0.125. The Morgan fingerprint density at radius 2 is 1.44 bits per heavy atom. The lowest BCUT2D eigenvalue weighted by atomic mass is 10.00. The van der Waals surface area contributed by atoms with Crippen LogP contribution >= 0.6 is 0 Å². The highest BCUT2D eigenvalue weighted by molar-refractivity contribution is 5.78. The molecular formula is C14H25NO. The summed E-state index contributed by atoms with van der Waals surface area (Å²) in [6, 6.07) is 0. The van der Waals surface area contributed by atoms with Crippen molar-refractivity contribution in [2.45, 2.75) is 64.2 Å². The molecule has 0 heterocycles. The fourth-order valence-electron chi connectivity index (χ4n) is 3.15. The van der Waals surface area contributed by atoms with Gasteiger partial charge < -0.3 is 5.32 Å². The molecule has 0 unspecified atom stereocenters. The summed E-state index contributed by atoms with van der Waals surface area (Å²) in [5, 5.41) is 3.18. The summed E-state index contributed by atoms with van der Waals surface area (Å²) in [5.41, 5.74) is 0. The Bertz CT molecular complexity index is 213. The van der Waals surface area contributed by atoms with Crippen LogP contribution in [0.5, 0.6) is 0 Å². The molecule has 92 valence electrons. The molecule has 0 atom stereocenters. The fourth-order valence-corrected chi connectivity index (χ4v) is 3.15. The summed E-state index contributed by atoms with van der Waals surface area (Å²) in [6.45, 7) is 0.940. The zero-order valence-electron chi connectivity index (χ0n) is 10.3. The average molecular weight is 223 g/mol. The summed E-state index contributed by atoms with van der Waals surface area (Å²) in [5.74, 6) is 1.43. The third kappa shape index (κ3) is 3.50. The van der Waals surface area contributed by atoms with Crippen LogP contribution < -0.4 is 5.32 Å². The molecule has 16 heavy (non-hydrogen) atoms. The summed E-state index contributed by atoms with van der Waals surface area (Å²) in [4.78, 5) is 11.9. The Morgan fingerprint density at radius 1 is 0.875 bits per heavy atom. The fraction of sp³-hybridized carbons (Fsp3) is 0.929. The first-order chi connectivity index (χ1) is 7.86. The van der Waals surface area contributed by atoms with Crippen molar-refractivity contribution in [2.75, 3.05) is 6.54 Å². The maximum Gasteiger partial charge on any atom is 0.223 e. The predicted octanol–water partition coefficient (Wildman–Crippen LogP) is 3.26. The van der Waals surface area contributed by atoms with E-state index >= 15 is 0 Å². The van der Waals surface area contributed by atoms with E-state index in [2.05, 4.69) is 5.32 Å². The zero-order chi connectivity index (χ0) is 11.2. The van der Waals surface area contributed by atoms with Crippen molar-refractivity contribution in [1.29, 1.82) is 0 Å². The number of nitrogens with one attached hydrogen (secondary N) is 1. The minimum atomic E-state index is 0.335. The van der Waals surface area contributed by atoms with Gasteiger partial charge in [-0.2, -0.15) is 0 Å². The normalized spacial score (nSPS) is 24.2. The van der Waals surface area contributed by atoms with Crippen LogP contribution in [-0.2, 0) is 4.79 Å². The van der Waals surface area contributed by atoms with E-state index in [1.807, 2.05) is 0 Å². The Balaban J connectivity index is 1.67. The first kappa shape index (κ1) is 11.9. The zero-order valence-corrected chi connectivity index (χ0v) is 10.3. The third-order valence-corrected chi connectivity index (χ3v) is 4.27. The van der Waals surface area contributed by atoms with Gasteiger partial charge in [0.15, 0.2) is 0 Å². The monoisotopic (exact) mass is 223 g/mol. The molecule has 1 amide bonds. The Hall–Kier alpha value is -0.530. The molecule has 0 spiro atoms. The molecule has 2 fully saturated rings. The lowest BCUT2D eigenvalue weighted by Crippen LogP contribution is -2.33. The van der Waals surface area contributed by atoms with E-state index in [-0.39, 0.29) is 0 Å². The second kappa shape index (κ2) is 6.27. The number of hydrogen-bond donors (Lipinski definition) is 1. The van der Waals surface area contributed by atoms with Crippen molar-refractivity contribution in [3.05, 3.63) is 0 Å². The van der Waals surface area contributed by atoms with Crippen LogP contribution in [0.4, 0.5) is 0 Å². The molecule has 1 N–H and O–H groups in total. The molecule has 2 aliphatic carbocycles. The van der Waals surface area contributed by atoms with Gasteiger partial charge in [0.25, 0.3) is 0 Å². The van der Waals surface area contributed by atoms with E-state index in [1.165, 1.54) is 51.4 Å². The van der Waals surface area contributed by atoms with Crippen LogP contribution in [0.25, 0.3) is 0 Å². The molecule has 0 bridgehead atoms. The van der Waals surface area contributed by atoms with Gasteiger partial charge in [-0.25, -0.2) is 0 Å². The van der Waals surface area contributed by atoms with Gasteiger partial charge in [-0.3, -0.25) is 4.79 Å². The van der Waals surface area contributed by atoms with Gasteiger partial charge >= 0.3 is 0 Å². The van der Waals surface area contributed by atoms with Gasteiger partial charge in [-0.1, -0.05) is 38.5 Å². The van der Waals surface area contributed by atoms with E-state index in [9.17, 15) is 4.79 Å². The quantitative estimate of drug-likeness (QED) is 0.731. The average Bonchev–Trinajstić information content (AvgIpc) is 2.71. The summed E-state index contributed by atoms with van der Waals surface area (Å²) in [7, 11) is 0. The van der Waals surface area contributed by atoms with Crippen LogP contribution in [0.15, 0.2) is 0 Å². The van der Waals surface area contributed by atoms with Gasteiger partial charge in [0.2, 0.25) is 5.91 Å². The van der Waals surface area contributed by atoms with Crippen LogP contribution in [0, 0.1) is 11.8 Å². The second-order valence-electron chi connectivity index (χ2n) is 5.58. The van der Waals surface area contributed by atoms with Crippen LogP contribution in [0.1, 0.15) is 64.2 Å². The number of carbonyl (C=O) groups excluding carboxylic acids is 1. The van der Waals surface area contributed by atoms with Crippen LogP contribution in [0.3, 0.4) is 0 Å². The first-order valence-corrected chi connectivity index (χ1v) is 7.14. The topological polar surface area (TPSA) is 29.1 Å². The Kier molecular flexibility index (Phi) is 4.68. The SMILES string of the molecule is O=C(NCC1CCCCCC1)C1CCCC1. The molecule has 0 saturated heterocycles. The minimum absolute atomic E-state index is 0.335. The number of carbonyl (C=O) groups is 1. The Labute approximate surface area is 99.2 Å². The molecule has 0 radical (unpaired) electrons. The van der Waals surface area contributed by atoms with Crippen molar-refractivity contribution in [1.82, 2.24) is 5.32 Å². The third-order valence-electron chi connectivity index (χ3n) is 4.27. The van der Waals surface area contributed by atoms with Gasteiger partial charge in [0.1, 0.15) is 0 Å². The molecule has 2 nitrogen and oxygen atoms in total. The molecule has 2 rings (SSSR count). The van der Waals surface area contributed by atoms with E-state index < -0.39 is 0 Å². The largest absolute Gasteiger partial charge is 0.356 e. The number of hydrogen-bond acceptors (Lipinski definition) is 1. The van der Waals surface area contributed by atoms with E-state index in [1.54, 1.807) is 0 Å². The molecule has 0 aromatic heterocycles. The van der Waals surface area contributed by atoms with Crippen molar-refractivity contribution in [3.63, 3.8) is 0 Å². The van der Waals surface area contributed by atoms with Gasteiger partial charge in [0.05, 0.1) is 0 Å². The molecule has 2 saturated carbocycles. The highest BCUT2D eigenvalue weighted by atomic mass is 16.1. The van der Waals surface area contributed by atoms with E-state index in [0.29, 0.717) is 11.8 Å². The minimum Gasteiger partial charge on any atom is -0.356 e. The molecule has 0 aromatic rings. The predicted molar refractivity (Wildman–Crippen MR) is 66.2 cm³/mol. The molecule has 2 aliphatic rings. The standard InChI is InChI=1S/C14H25NO/c16-14(13-9-5-6-10-13)15-11-12-7-3-1-2-4-8-12/h12-13H,1-11H2,(H,15,16). The van der Waals surface area contributed by atoms with Crippen molar-refractivity contribution >= 4 is 5.91 Å². The summed E-state index contributed by atoms with van der Waals surface area (Å²) in [6.07, 6.45) is 12.9. The molecule has 0 aliphatic heterocycles. The molecular weight excluding hydrogens is 198 g/mol. The first-order valence-electron chi connectivity index (χ1n) is 7.14. The van der Waals surface area contributed by atoms with Crippen LogP contribution in [0.2, 0.25) is 0 Å². The van der Waals surface area contributed by atoms with Crippen LogP contribution in [-0.4, -0.2) is 12.5 Å². The highest BCUT2D eigenvalue weighted by Gasteiger charge is 2.23. The summed E-state index contributed by atoms with van der Waals surface area (Å²) >= 11 is 0. The van der Waals surface area contributed by atoms with Crippen molar-refractivity contribution in [3.8, 4) is 0 Å². The van der Waals surface area contributed by atoms with Crippen molar-refractivity contribution < 1.29 is 4.79 Å². The van der Waals surface area contributed by atoms with Gasteiger partial charge in [-0.15, -0.1) is 0 Å². The number of rotatable bonds is 3. The molecule has 2 heteroatoms. The summed E-state index contributed by atoms with van der Waals surface area (Å²) < 4.78 is 0. The smallest absolute Gasteiger partial charge is 0.223 e. The maximum absolute atomic E-state index is 11.9. The highest BCUT2D eigenvalue weighted by Crippen LogP contribution is 2.25. The van der Waals surface area contributed by atoms with Gasteiger partial charge in [-0.05, 0) is 31.6 Å². The maximum atomic E-state index is 11.9.